The van der Waals surface area contributed by atoms with Crippen LogP contribution in [0.2, 0.25) is 0 Å². The Morgan fingerprint density at radius 3 is 2.32 bits per heavy atom. The number of amides is 3. The van der Waals surface area contributed by atoms with Crippen LogP contribution in [0.3, 0.4) is 0 Å². The molecule has 0 aromatic heterocycles. The van der Waals surface area contributed by atoms with Crippen molar-refractivity contribution in [3.05, 3.63) is 29.8 Å². The molecule has 8 heteroatoms. The highest BCUT2D eigenvalue weighted by atomic mass is 32.2. The number of thioether (sulfide) groups is 1. The first kappa shape index (κ1) is 23.4. The summed E-state index contributed by atoms with van der Waals surface area (Å²) in [6.45, 7) is 8.33. The molecule has 3 rings (SSSR count). The van der Waals surface area contributed by atoms with E-state index in [1.165, 1.54) is 11.8 Å². The largest absolute Gasteiger partial charge is 0.444 e. The summed E-state index contributed by atoms with van der Waals surface area (Å²) >= 11 is 1.44. The Bertz CT molecular complexity index is 794. The molecule has 0 bridgehead atoms. The van der Waals surface area contributed by atoms with Crippen molar-refractivity contribution in [1.82, 2.24) is 15.1 Å². The fourth-order valence-corrected chi connectivity index (χ4v) is 4.79. The van der Waals surface area contributed by atoms with Crippen LogP contribution in [-0.2, 0) is 9.53 Å². The lowest BCUT2D eigenvalue weighted by Crippen LogP contribution is -2.47. The van der Waals surface area contributed by atoms with Gasteiger partial charge in [-0.3, -0.25) is 9.59 Å². The zero-order valence-corrected chi connectivity index (χ0v) is 19.5. The SMILES string of the molecule is CC(C)(C)OC(=O)NC1CCN(C(=O)c2ccccc2SCC(=O)N2CCCC2)CC1. The van der Waals surface area contributed by atoms with Crippen molar-refractivity contribution in [2.24, 2.45) is 0 Å². The van der Waals surface area contributed by atoms with Gasteiger partial charge in [0.15, 0.2) is 0 Å². The minimum absolute atomic E-state index is 0.00148. The van der Waals surface area contributed by atoms with Gasteiger partial charge in [0.1, 0.15) is 5.60 Å². The Labute approximate surface area is 188 Å². The first-order valence-electron chi connectivity index (χ1n) is 11.0. The Kier molecular flexibility index (Phi) is 7.86. The van der Waals surface area contributed by atoms with Crippen LogP contribution < -0.4 is 5.32 Å². The lowest BCUT2D eigenvalue weighted by Gasteiger charge is -2.33. The normalized spacial score (nSPS) is 17.5. The second-order valence-corrected chi connectivity index (χ2v) is 10.1. The molecule has 170 valence electrons. The molecule has 2 fully saturated rings. The van der Waals surface area contributed by atoms with E-state index in [2.05, 4.69) is 5.32 Å². The number of carbonyl (C=O) groups excluding carboxylic acids is 3. The van der Waals surface area contributed by atoms with Gasteiger partial charge in [-0.15, -0.1) is 11.8 Å². The molecule has 2 aliphatic rings. The Morgan fingerprint density at radius 2 is 1.68 bits per heavy atom. The summed E-state index contributed by atoms with van der Waals surface area (Å²) in [6.07, 6.45) is 3.11. The molecular weight excluding hydrogens is 414 g/mol. The van der Waals surface area contributed by atoms with Crippen LogP contribution in [-0.4, -0.2) is 71.3 Å². The number of likely N-dealkylation sites (tertiary alicyclic amines) is 2. The fourth-order valence-electron chi connectivity index (χ4n) is 3.84. The number of nitrogens with one attached hydrogen (secondary N) is 1. The fraction of sp³-hybridized carbons (Fsp3) is 0.609. The maximum absolute atomic E-state index is 13.1. The number of alkyl carbamates (subject to hydrolysis) is 1. The quantitative estimate of drug-likeness (QED) is 0.699. The van der Waals surface area contributed by atoms with E-state index in [0.29, 0.717) is 37.2 Å². The number of benzene rings is 1. The van der Waals surface area contributed by atoms with E-state index in [-0.39, 0.29) is 17.9 Å². The van der Waals surface area contributed by atoms with E-state index >= 15 is 0 Å². The van der Waals surface area contributed by atoms with Crippen LogP contribution in [0, 0.1) is 0 Å². The highest BCUT2D eigenvalue weighted by Crippen LogP contribution is 2.26. The van der Waals surface area contributed by atoms with Crippen molar-refractivity contribution in [1.29, 1.82) is 0 Å². The number of nitrogens with zero attached hydrogens (tertiary/aromatic N) is 2. The van der Waals surface area contributed by atoms with Gasteiger partial charge in [-0.05, 0) is 58.6 Å². The van der Waals surface area contributed by atoms with E-state index in [1.807, 2.05) is 54.8 Å². The molecule has 0 atom stereocenters. The zero-order chi connectivity index (χ0) is 22.4. The number of piperidine rings is 1. The third-order valence-electron chi connectivity index (χ3n) is 5.43. The monoisotopic (exact) mass is 447 g/mol. The highest BCUT2D eigenvalue weighted by Gasteiger charge is 2.27. The minimum Gasteiger partial charge on any atom is -0.444 e. The molecule has 0 unspecified atom stereocenters. The zero-order valence-electron chi connectivity index (χ0n) is 18.7. The van der Waals surface area contributed by atoms with Gasteiger partial charge in [-0.1, -0.05) is 12.1 Å². The smallest absolute Gasteiger partial charge is 0.407 e. The Balaban J connectivity index is 1.52. The summed E-state index contributed by atoms with van der Waals surface area (Å²) < 4.78 is 5.32. The van der Waals surface area contributed by atoms with Crippen LogP contribution in [0.15, 0.2) is 29.2 Å². The highest BCUT2D eigenvalue weighted by molar-refractivity contribution is 8.00. The number of ether oxygens (including phenoxy) is 1. The van der Waals surface area contributed by atoms with Gasteiger partial charge in [0, 0.05) is 37.1 Å². The van der Waals surface area contributed by atoms with E-state index in [9.17, 15) is 14.4 Å². The molecule has 2 saturated heterocycles. The summed E-state index contributed by atoms with van der Waals surface area (Å²) in [5.74, 6) is 0.470. The topological polar surface area (TPSA) is 79.0 Å². The standard InChI is InChI=1S/C23H33N3O4S/c1-23(2,3)30-22(29)24-17-10-14-26(15-11-17)21(28)18-8-4-5-9-19(18)31-16-20(27)25-12-6-7-13-25/h4-5,8-9,17H,6-7,10-16H2,1-3H3,(H,24,29). The van der Waals surface area contributed by atoms with E-state index in [4.69, 9.17) is 4.74 Å². The maximum atomic E-state index is 13.1. The second kappa shape index (κ2) is 10.4. The van der Waals surface area contributed by atoms with Crippen molar-refractivity contribution in [3.8, 4) is 0 Å². The van der Waals surface area contributed by atoms with Crippen LogP contribution in [0.4, 0.5) is 4.79 Å². The lowest BCUT2D eigenvalue weighted by molar-refractivity contribution is -0.127. The van der Waals surface area contributed by atoms with Crippen molar-refractivity contribution >= 4 is 29.7 Å². The molecule has 1 N–H and O–H groups in total. The molecule has 3 amide bonds. The van der Waals surface area contributed by atoms with Crippen LogP contribution in [0.5, 0.6) is 0 Å². The molecule has 1 aromatic rings. The van der Waals surface area contributed by atoms with Gasteiger partial charge in [-0.2, -0.15) is 0 Å². The molecule has 0 aliphatic carbocycles. The lowest BCUT2D eigenvalue weighted by atomic mass is 10.0. The molecular formula is C23H33N3O4S. The number of hydrogen-bond acceptors (Lipinski definition) is 5. The van der Waals surface area contributed by atoms with Crippen molar-refractivity contribution in [2.45, 2.75) is 63.0 Å². The molecule has 1 aromatic carbocycles. The first-order chi connectivity index (χ1) is 14.7. The van der Waals surface area contributed by atoms with Gasteiger partial charge in [-0.25, -0.2) is 4.79 Å². The van der Waals surface area contributed by atoms with Crippen molar-refractivity contribution in [2.75, 3.05) is 31.9 Å². The van der Waals surface area contributed by atoms with E-state index < -0.39 is 11.7 Å². The molecule has 2 aliphatic heterocycles. The Hall–Kier alpha value is -2.22. The summed E-state index contributed by atoms with van der Waals surface area (Å²) in [6, 6.07) is 7.50. The predicted molar refractivity (Wildman–Crippen MR) is 121 cm³/mol. The van der Waals surface area contributed by atoms with Gasteiger partial charge in [0.2, 0.25) is 5.91 Å². The van der Waals surface area contributed by atoms with Crippen LogP contribution in [0.25, 0.3) is 0 Å². The van der Waals surface area contributed by atoms with Crippen molar-refractivity contribution in [3.63, 3.8) is 0 Å². The first-order valence-corrected chi connectivity index (χ1v) is 12.0. The summed E-state index contributed by atoms with van der Waals surface area (Å²) in [5, 5.41) is 2.90. The third-order valence-corrected chi connectivity index (χ3v) is 6.49. The van der Waals surface area contributed by atoms with E-state index in [1.54, 1.807) is 0 Å². The van der Waals surface area contributed by atoms with Gasteiger partial charge < -0.3 is 19.9 Å². The average molecular weight is 448 g/mol. The van der Waals surface area contributed by atoms with Gasteiger partial charge in [0.05, 0.1) is 11.3 Å². The van der Waals surface area contributed by atoms with Gasteiger partial charge in [0.25, 0.3) is 5.91 Å². The average Bonchev–Trinajstić information content (AvgIpc) is 3.26. The molecule has 2 heterocycles. The molecule has 31 heavy (non-hydrogen) atoms. The van der Waals surface area contributed by atoms with Crippen LogP contribution in [0.1, 0.15) is 56.8 Å². The van der Waals surface area contributed by atoms with Crippen LogP contribution >= 0.6 is 11.8 Å². The molecule has 0 spiro atoms. The maximum Gasteiger partial charge on any atom is 0.407 e. The Morgan fingerprint density at radius 1 is 1.03 bits per heavy atom. The minimum atomic E-state index is -0.529. The van der Waals surface area contributed by atoms with Gasteiger partial charge >= 0.3 is 6.09 Å². The summed E-state index contributed by atoms with van der Waals surface area (Å²) in [5.41, 5.74) is 0.110. The summed E-state index contributed by atoms with van der Waals surface area (Å²) in [4.78, 5) is 42.1. The molecule has 0 saturated carbocycles. The number of carbonyl (C=O) groups is 3. The van der Waals surface area contributed by atoms with E-state index in [0.717, 1.165) is 30.8 Å². The molecule has 0 radical (unpaired) electrons. The predicted octanol–water partition coefficient (Wildman–Crippen LogP) is 3.53. The third kappa shape index (κ3) is 6.89. The second-order valence-electron chi connectivity index (χ2n) is 9.09. The van der Waals surface area contributed by atoms with Crippen molar-refractivity contribution < 1.29 is 19.1 Å². The summed E-state index contributed by atoms with van der Waals surface area (Å²) in [7, 11) is 0. The number of hydrogen-bond donors (Lipinski definition) is 1. The molecule has 7 nitrogen and oxygen atoms in total. The number of rotatable bonds is 5.